The van der Waals surface area contributed by atoms with E-state index >= 15 is 0 Å². The first-order chi connectivity index (χ1) is 14.0. The Balaban J connectivity index is 1.64. The van der Waals surface area contributed by atoms with Crippen molar-refractivity contribution in [2.45, 2.75) is 45.2 Å². The van der Waals surface area contributed by atoms with Crippen LogP contribution in [-0.4, -0.2) is 42.5 Å². The quantitative estimate of drug-likeness (QED) is 0.748. The van der Waals surface area contributed by atoms with E-state index in [0.29, 0.717) is 30.5 Å². The monoisotopic (exact) mass is 399 g/mol. The molecule has 0 spiro atoms. The van der Waals surface area contributed by atoms with Crippen LogP contribution in [-0.2, 0) is 4.79 Å². The minimum Gasteiger partial charge on any atom is -0.338 e. The maximum atomic E-state index is 14.1. The van der Waals surface area contributed by atoms with Crippen LogP contribution in [0.2, 0.25) is 0 Å². The summed E-state index contributed by atoms with van der Waals surface area (Å²) in [6.45, 7) is 6.11. The van der Waals surface area contributed by atoms with Gasteiger partial charge in [0.15, 0.2) is 0 Å². The maximum Gasteiger partial charge on any atom is 0.244 e. The second kappa shape index (κ2) is 8.11. The first-order valence-electron chi connectivity index (χ1n) is 10.4. The summed E-state index contributed by atoms with van der Waals surface area (Å²) in [5.41, 5.74) is 2.11. The summed E-state index contributed by atoms with van der Waals surface area (Å²) in [5, 5.41) is 0. The Labute approximate surface area is 170 Å². The fourth-order valence-corrected chi connectivity index (χ4v) is 4.56. The van der Waals surface area contributed by atoms with Gasteiger partial charge in [-0.25, -0.2) is 8.78 Å². The highest BCUT2D eigenvalue weighted by molar-refractivity contribution is 6.01. The summed E-state index contributed by atoms with van der Waals surface area (Å²) in [6.07, 6.45) is 3.43. The van der Waals surface area contributed by atoms with E-state index in [-0.39, 0.29) is 23.6 Å². The van der Waals surface area contributed by atoms with Crippen molar-refractivity contribution in [3.05, 3.63) is 54.1 Å². The van der Waals surface area contributed by atoms with E-state index in [9.17, 15) is 13.6 Å². The standard InChI is InChI=1S/C23H27F2N3O/c1-16-5-3-4-12-26(16)17(2)23(29)28-14-13-27(20-9-6-18(24)7-10-20)22-15-19(25)8-11-21(22)28/h6-11,15-17H,3-5,12-14H2,1-2H3/t16-,17?/m1/s1. The van der Waals surface area contributed by atoms with Crippen LogP contribution in [0.25, 0.3) is 0 Å². The van der Waals surface area contributed by atoms with Gasteiger partial charge < -0.3 is 9.80 Å². The number of hydrogen-bond donors (Lipinski definition) is 0. The van der Waals surface area contributed by atoms with Crippen LogP contribution in [0.1, 0.15) is 33.1 Å². The minimum absolute atomic E-state index is 0.0466. The molecule has 1 fully saturated rings. The van der Waals surface area contributed by atoms with E-state index < -0.39 is 0 Å². The molecule has 2 heterocycles. The molecule has 6 heteroatoms. The normalized spacial score (nSPS) is 21.0. The fourth-order valence-electron chi connectivity index (χ4n) is 4.56. The number of nitrogens with zero attached hydrogens (tertiary/aromatic N) is 3. The highest BCUT2D eigenvalue weighted by Crippen LogP contribution is 2.39. The van der Waals surface area contributed by atoms with Crippen molar-refractivity contribution < 1.29 is 13.6 Å². The van der Waals surface area contributed by atoms with Crippen LogP contribution in [0.5, 0.6) is 0 Å². The molecule has 0 radical (unpaired) electrons. The molecular weight excluding hydrogens is 372 g/mol. The number of amides is 1. The number of likely N-dealkylation sites (tertiary alicyclic amines) is 1. The highest BCUT2D eigenvalue weighted by atomic mass is 19.1. The molecule has 4 rings (SSSR count). The molecule has 2 atom stereocenters. The van der Waals surface area contributed by atoms with Gasteiger partial charge >= 0.3 is 0 Å². The maximum absolute atomic E-state index is 14.1. The lowest BCUT2D eigenvalue weighted by Crippen LogP contribution is -2.54. The molecule has 0 saturated carbocycles. The summed E-state index contributed by atoms with van der Waals surface area (Å²) in [5.74, 6) is -0.625. The van der Waals surface area contributed by atoms with Gasteiger partial charge in [-0.15, -0.1) is 0 Å². The molecule has 2 aliphatic rings. The number of carbonyl (C=O) groups is 1. The van der Waals surface area contributed by atoms with Crippen LogP contribution < -0.4 is 9.80 Å². The van der Waals surface area contributed by atoms with Gasteiger partial charge in [-0.3, -0.25) is 9.69 Å². The molecule has 0 aromatic heterocycles. The molecular formula is C23H27F2N3O. The third kappa shape index (κ3) is 3.86. The van der Waals surface area contributed by atoms with Gasteiger partial charge in [0.1, 0.15) is 11.6 Å². The van der Waals surface area contributed by atoms with E-state index in [2.05, 4.69) is 11.8 Å². The number of benzene rings is 2. The van der Waals surface area contributed by atoms with Crippen molar-refractivity contribution in [3.8, 4) is 0 Å². The van der Waals surface area contributed by atoms with Crippen molar-refractivity contribution in [2.75, 3.05) is 29.4 Å². The predicted molar refractivity (Wildman–Crippen MR) is 112 cm³/mol. The molecule has 154 valence electrons. The molecule has 0 aliphatic carbocycles. The van der Waals surface area contributed by atoms with Crippen molar-refractivity contribution in [2.24, 2.45) is 0 Å². The predicted octanol–water partition coefficient (Wildman–Crippen LogP) is 4.71. The molecule has 1 unspecified atom stereocenters. The number of rotatable bonds is 3. The third-order valence-electron chi connectivity index (χ3n) is 6.18. The SMILES string of the molecule is CC(C(=O)N1CCN(c2ccc(F)cc2)c2cc(F)ccc21)N1CCCC[C@H]1C. The molecule has 29 heavy (non-hydrogen) atoms. The molecule has 1 saturated heterocycles. The lowest BCUT2D eigenvalue weighted by Gasteiger charge is -2.42. The molecule has 0 bridgehead atoms. The van der Waals surface area contributed by atoms with Gasteiger partial charge in [-0.1, -0.05) is 6.42 Å². The summed E-state index contributed by atoms with van der Waals surface area (Å²) in [4.78, 5) is 19.4. The van der Waals surface area contributed by atoms with Crippen LogP contribution in [0, 0.1) is 11.6 Å². The molecule has 2 aromatic rings. The average Bonchev–Trinajstić information content (AvgIpc) is 2.73. The average molecular weight is 399 g/mol. The molecule has 4 nitrogen and oxygen atoms in total. The van der Waals surface area contributed by atoms with E-state index in [0.717, 1.165) is 25.1 Å². The molecule has 1 amide bonds. The van der Waals surface area contributed by atoms with E-state index in [4.69, 9.17) is 0 Å². The summed E-state index contributed by atoms with van der Waals surface area (Å²) < 4.78 is 27.4. The van der Waals surface area contributed by atoms with Gasteiger partial charge in [0.05, 0.1) is 17.4 Å². The number of hydrogen-bond acceptors (Lipinski definition) is 3. The number of fused-ring (bicyclic) bond motifs is 1. The van der Waals surface area contributed by atoms with Crippen LogP contribution in [0.3, 0.4) is 0 Å². The van der Waals surface area contributed by atoms with Crippen LogP contribution in [0.4, 0.5) is 25.8 Å². The Kier molecular flexibility index (Phi) is 5.54. The summed E-state index contributed by atoms with van der Waals surface area (Å²) in [6, 6.07) is 10.8. The molecule has 2 aromatic carbocycles. The van der Waals surface area contributed by atoms with Crippen LogP contribution >= 0.6 is 0 Å². The minimum atomic E-state index is -0.358. The summed E-state index contributed by atoms with van der Waals surface area (Å²) in [7, 11) is 0. The number of halogens is 2. The zero-order chi connectivity index (χ0) is 20.5. The van der Waals surface area contributed by atoms with Gasteiger partial charge in [0, 0.05) is 24.8 Å². The van der Waals surface area contributed by atoms with Crippen molar-refractivity contribution >= 4 is 23.0 Å². The lowest BCUT2D eigenvalue weighted by molar-refractivity contribution is -0.124. The van der Waals surface area contributed by atoms with E-state index in [1.54, 1.807) is 23.1 Å². The van der Waals surface area contributed by atoms with Gasteiger partial charge in [0.2, 0.25) is 5.91 Å². The van der Waals surface area contributed by atoms with E-state index in [1.807, 2.05) is 11.8 Å². The Bertz CT molecular complexity index is 886. The topological polar surface area (TPSA) is 26.8 Å². The number of anilines is 3. The Morgan fingerprint density at radius 3 is 2.41 bits per heavy atom. The van der Waals surface area contributed by atoms with Gasteiger partial charge in [-0.2, -0.15) is 0 Å². The van der Waals surface area contributed by atoms with E-state index in [1.165, 1.54) is 30.7 Å². The number of carbonyl (C=O) groups excluding carboxylic acids is 1. The van der Waals surface area contributed by atoms with Crippen molar-refractivity contribution in [1.82, 2.24) is 4.90 Å². The third-order valence-corrected chi connectivity index (χ3v) is 6.18. The smallest absolute Gasteiger partial charge is 0.244 e. The second-order valence-electron chi connectivity index (χ2n) is 8.01. The Morgan fingerprint density at radius 2 is 1.69 bits per heavy atom. The zero-order valence-corrected chi connectivity index (χ0v) is 16.9. The van der Waals surface area contributed by atoms with Crippen LogP contribution in [0.15, 0.2) is 42.5 Å². The lowest BCUT2D eigenvalue weighted by atomic mass is 10.0. The fraction of sp³-hybridized carbons (Fsp3) is 0.435. The Morgan fingerprint density at radius 1 is 0.966 bits per heavy atom. The first-order valence-corrected chi connectivity index (χ1v) is 10.4. The zero-order valence-electron chi connectivity index (χ0n) is 16.9. The highest BCUT2D eigenvalue weighted by Gasteiger charge is 2.34. The molecule has 2 aliphatic heterocycles. The number of piperidine rings is 1. The Hall–Kier alpha value is -2.47. The summed E-state index contributed by atoms with van der Waals surface area (Å²) >= 11 is 0. The van der Waals surface area contributed by atoms with Crippen molar-refractivity contribution in [1.29, 1.82) is 0 Å². The molecule has 0 N–H and O–H groups in total. The largest absolute Gasteiger partial charge is 0.338 e. The first kappa shape index (κ1) is 19.8. The van der Waals surface area contributed by atoms with Gasteiger partial charge in [-0.05, 0) is 75.7 Å². The second-order valence-corrected chi connectivity index (χ2v) is 8.01. The van der Waals surface area contributed by atoms with Gasteiger partial charge in [0.25, 0.3) is 0 Å². The van der Waals surface area contributed by atoms with Crippen molar-refractivity contribution in [3.63, 3.8) is 0 Å².